The molecule has 76 valence electrons. The molecule has 1 amide bonds. The highest BCUT2D eigenvalue weighted by Crippen LogP contribution is 2.11. The van der Waals surface area contributed by atoms with Gasteiger partial charge in [-0.3, -0.25) is 4.79 Å². The van der Waals surface area contributed by atoms with E-state index in [1.54, 1.807) is 6.08 Å². The summed E-state index contributed by atoms with van der Waals surface area (Å²) in [5, 5.41) is 8.62. The normalized spacial score (nSPS) is 19.6. The number of amides is 1. The summed E-state index contributed by atoms with van der Waals surface area (Å²) in [7, 11) is 0. The minimum atomic E-state index is -0.636. The Morgan fingerprint density at radius 1 is 1.71 bits per heavy atom. The minimum Gasteiger partial charge on any atom is -0.365 e. The molecule has 4 nitrogen and oxygen atoms in total. The quantitative estimate of drug-likeness (QED) is 0.514. The van der Waals surface area contributed by atoms with Crippen molar-refractivity contribution in [3.8, 4) is 6.07 Å². The summed E-state index contributed by atoms with van der Waals surface area (Å²) < 4.78 is 0. The Hall–Kier alpha value is -1.34. The van der Waals surface area contributed by atoms with E-state index in [1.165, 1.54) is 6.42 Å². The van der Waals surface area contributed by atoms with E-state index in [2.05, 4.69) is 4.90 Å². The average Bonchev–Trinajstić information content (AvgIpc) is 2.07. The molecule has 0 radical (unpaired) electrons. The van der Waals surface area contributed by atoms with Crippen LogP contribution in [0.3, 0.4) is 0 Å². The average molecular weight is 193 g/mol. The zero-order valence-electron chi connectivity index (χ0n) is 8.36. The third kappa shape index (κ3) is 2.86. The van der Waals surface area contributed by atoms with E-state index in [0.717, 1.165) is 19.6 Å². The molecule has 0 aromatic carbocycles. The number of nitrogens with two attached hydrogens (primary N) is 1. The lowest BCUT2D eigenvalue weighted by atomic mass is 10.1. The molecule has 2 N–H and O–H groups in total. The Morgan fingerprint density at radius 2 is 2.36 bits per heavy atom. The van der Waals surface area contributed by atoms with E-state index in [-0.39, 0.29) is 11.5 Å². The van der Waals surface area contributed by atoms with Crippen LogP contribution in [0.4, 0.5) is 0 Å². The predicted molar refractivity (Wildman–Crippen MR) is 53.1 cm³/mol. The SMILES string of the molecule is CC(C=C(C#N)C(N)=O)CN1CCC1. The standard InChI is InChI=1S/C10H15N3O/c1-8(7-13-3-2-4-13)5-9(6-11)10(12)14/h5,8H,2-4,7H2,1H3,(H2,12,14). The molecule has 1 rings (SSSR count). The van der Waals surface area contributed by atoms with E-state index in [0.29, 0.717) is 0 Å². The van der Waals surface area contributed by atoms with Crippen LogP contribution in [0.1, 0.15) is 13.3 Å². The zero-order chi connectivity index (χ0) is 10.6. The Labute approximate surface area is 84.0 Å². The molecule has 0 aromatic rings. The van der Waals surface area contributed by atoms with E-state index in [9.17, 15) is 4.79 Å². The number of likely N-dealkylation sites (tertiary alicyclic amines) is 1. The van der Waals surface area contributed by atoms with Gasteiger partial charge in [0.2, 0.25) is 0 Å². The topological polar surface area (TPSA) is 70.1 Å². The van der Waals surface area contributed by atoms with E-state index in [1.807, 2.05) is 13.0 Å². The Morgan fingerprint density at radius 3 is 2.71 bits per heavy atom. The van der Waals surface area contributed by atoms with Crippen LogP contribution in [0, 0.1) is 17.2 Å². The first-order chi connectivity index (χ1) is 6.63. The fraction of sp³-hybridized carbons (Fsp3) is 0.600. The van der Waals surface area contributed by atoms with E-state index < -0.39 is 5.91 Å². The van der Waals surface area contributed by atoms with Crippen LogP contribution in [0.15, 0.2) is 11.6 Å². The molecule has 1 heterocycles. The van der Waals surface area contributed by atoms with Crippen LogP contribution < -0.4 is 5.73 Å². The first-order valence-corrected chi connectivity index (χ1v) is 4.77. The maximum absolute atomic E-state index is 10.8. The number of nitrogens with zero attached hydrogens (tertiary/aromatic N) is 2. The van der Waals surface area contributed by atoms with Crippen molar-refractivity contribution in [1.82, 2.24) is 4.90 Å². The molecule has 1 unspecified atom stereocenters. The van der Waals surface area contributed by atoms with Crippen LogP contribution in [-0.4, -0.2) is 30.4 Å². The van der Waals surface area contributed by atoms with E-state index >= 15 is 0 Å². The largest absolute Gasteiger partial charge is 0.365 e. The third-order valence-corrected chi connectivity index (χ3v) is 2.33. The van der Waals surface area contributed by atoms with Gasteiger partial charge in [-0.15, -0.1) is 0 Å². The fourth-order valence-electron chi connectivity index (χ4n) is 1.48. The molecule has 1 atom stereocenters. The van der Waals surface area contributed by atoms with Crippen LogP contribution >= 0.6 is 0 Å². The molecule has 1 saturated heterocycles. The molecule has 0 spiro atoms. The lowest BCUT2D eigenvalue weighted by molar-refractivity contribution is -0.114. The summed E-state index contributed by atoms with van der Waals surface area (Å²) in [5.41, 5.74) is 5.10. The van der Waals surface area contributed by atoms with Gasteiger partial charge in [-0.25, -0.2) is 0 Å². The summed E-state index contributed by atoms with van der Waals surface area (Å²) in [5.74, 6) is -0.430. The molecule has 1 aliphatic rings. The fourth-order valence-corrected chi connectivity index (χ4v) is 1.48. The lowest BCUT2D eigenvalue weighted by Crippen LogP contribution is -2.39. The molecule has 14 heavy (non-hydrogen) atoms. The third-order valence-electron chi connectivity index (χ3n) is 2.33. The van der Waals surface area contributed by atoms with Crippen molar-refractivity contribution in [2.75, 3.05) is 19.6 Å². The molecular weight excluding hydrogens is 178 g/mol. The van der Waals surface area contributed by atoms with Crippen molar-refractivity contribution in [2.24, 2.45) is 11.7 Å². The van der Waals surface area contributed by atoms with Gasteiger partial charge in [-0.2, -0.15) is 5.26 Å². The molecule has 0 aliphatic carbocycles. The van der Waals surface area contributed by atoms with Gasteiger partial charge in [0, 0.05) is 6.54 Å². The van der Waals surface area contributed by atoms with Crippen LogP contribution in [0.5, 0.6) is 0 Å². The maximum atomic E-state index is 10.8. The molecule has 0 bridgehead atoms. The number of rotatable bonds is 4. The highest BCUT2D eigenvalue weighted by atomic mass is 16.1. The first kappa shape index (κ1) is 10.7. The van der Waals surface area contributed by atoms with Gasteiger partial charge < -0.3 is 10.6 Å². The second-order valence-electron chi connectivity index (χ2n) is 3.69. The van der Waals surface area contributed by atoms with Crippen LogP contribution in [0.2, 0.25) is 0 Å². The Bertz CT molecular complexity index is 286. The van der Waals surface area contributed by atoms with Crippen molar-refractivity contribution in [1.29, 1.82) is 5.26 Å². The van der Waals surface area contributed by atoms with Crippen molar-refractivity contribution >= 4 is 5.91 Å². The number of hydrogen-bond acceptors (Lipinski definition) is 3. The highest BCUT2D eigenvalue weighted by molar-refractivity contribution is 5.95. The molecule has 0 saturated carbocycles. The summed E-state index contributed by atoms with van der Waals surface area (Å²) in [6.45, 7) is 5.13. The number of primary amides is 1. The lowest BCUT2D eigenvalue weighted by Gasteiger charge is -2.32. The zero-order valence-corrected chi connectivity index (χ0v) is 8.36. The smallest absolute Gasteiger partial charge is 0.259 e. The Kier molecular flexibility index (Phi) is 3.66. The summed E-state index contributed by atoms with van der Waals surface area (Å²) in [6, 6.07) is 1.81. The number of carbonyl (C=O) groups excluding carboxylic acids is 1. The van der Waals surface area contributed by atoms with Crippen LogP contribution in [0.25, 0.3) is 0 Å². The van der Waals surface area contributed by atoms with Crippen LogP contribution in [-0.2, 0) is 4.79 Å². The van der Waals surface area contributed by atoms with Crippen molar-refractivity contribution in [3.05, 3.63) is 11.6 Å². The van der Waals surface area contributed by atoms with Gasteiger partial charge >= 0.3 is 0 Å². The second kappa shape index (κ2) is 4.77. The van der Waals surface area contributed by atoms with Gasteiger partial charge in [0.15, 0.2) is 0 Å². The molecular formula is C10H15N3O. The van der Waals surface area contributed by atoms with Crippen molar-refractivity contribution < 1.29 is 4.79 Å². The monoisotopic (exact) mass is 193 g/mol. The molecule has 0 aromatic heterocycles. The summed E-state index contributed by atoms with van der Waals surface area (Å²) >= 11 is 0. The van der Waals surface area contributed by atoms with Gasteiger partial charge in [0.05, 0.1) is 0 Å². The van der Waals surface area contributed by atoms with E-state index in [4.69, 9.17) is 11.0 Å². The van der Waals surface area contributed by atoms with Gasteiger partial charge in [-0.1, -0.05) is 13.0 Å². The molecule has 1 aliphatic heterocycles. The molecule has 4 heteroatoms. The first-order valence-electron chi connectivity index (χ1n) is 4.77. The number of hydrogen-bond donors (Lipinski definition) is 1. The Balaban J connectivity index is 2.47. The van der Waals surface area contributed by atoms with Gasteiger partial charge in [0.25, 0.3) is 5.91 Å². The van der Waals surface area contributed by atoms with Gasteiger partial charge in [0.1, 0.15) is 11.6 Å². The highest BCUT2D eigenvalue weighted by Gasteiger charge is 2.16. The second-order valence-corrected chi connectivity index (χ2v) is 3.69. The predicted octanol–water partition coefficient (Wildman–Crippen LogP) is 0.263. The number of carbonyl (C=O) groups is 1. The van der Waals surface area contributed by atoms with Gasteiger partial charge in [-0.05, 0) is 25.4 Å². The summed E-state index contributed by atoms with van der Waals surface area (Å²) in [6.07, 6.45) is 2.90. The van der Waals surface area contributed by atoms with Crippen molar-refractivity contribution in [2.45, 2.75) is 13.3 Å². The number of nitriles is 1. The minimum absolute atomic E-state index is 0.0676. The molecule has 1 fully saturated rings. The maximum Gasteiger partial charge on any atom is 0.259 e. The van der Waals surface area contributed by atoms with Crippen molar-refractivity contribution in [3.63, 3.8) is 0 Å². The summed E-state index contributed by atoms with van der Waals surface area (Å²) in [4.78, 5) is 13.0.